The van der Waals surface area contributed by atoms with E-state index in [0.29, 0.717) is 17.9 Å². The van der Waals surface area contributed by atoms with E-state index >= 15 is 0 Å². The van der Waals surface area contributed by atoms with Crippen molar-refractivity contribution in [2.45, 2.75) is 44.6 Å². The minimum atomic E-state index is -0.691. The molecule has 0 spiro atoms. The van der Waals surface area contributed by atoms with Crippen molar-refractivity contribution in [3.8, 4) is 0 Å². The van der Waals surface area contributed by atoms with Gasteiger partial charge in [-0.3, -0.25) is 14.4 Å². The normalized spacial score (nSPS) is 14.1. The van der Waals surface area contributed by atoms with Crippen molar-refractivity contribution < 1.29 is 19.1 Å². The number of esters is 1. The molecule has 6 nitrogen and oxygen atoms in total. The summed E-state index contributed by atoms with van der Waals surface area (Å²) in [6, 6.07) is 24.0. The minimum absolute atomic E-state index is 0.0146. The van der Waals surface area contributed by atoms with Crippen molar-refractivity contribution in [1.82, 2.24) is 10.2 Å². The highest BCUT2D eigenvalue weighted by atomic mass is 32.2. The molecule has 192 valence electrons. The molecule has 1 heterocycles. The van der Waals surface area contributed by atoms with E-state index in [9.17, 15) is 14.4 Å². The second kappa shape index (κ2) is 12.6. The topological polar surface area (TPSA) is 75.7 Å². The van der Waals surface area contributed by atoms with Crippen LogP contribution in [0, 0.1) is 6.92 Å². The maximum atomic E-state index is 13.8. The van der Waals surface area contributed by atoms with E-state index < -0.39 is 12.1 Å². The first-order valence-electron chi connectivity index (χ1n) is 12.5. The van der Waals surface area contributed by atoms with E-state index in [4.69, 9.17) is 4.74 Å². The zero-order valence-electron chi connectivity index (χ0n) is 21.2. The highest BCUT2D eigenvalue weighted by Crippen LogP contribution is 2.28. The molecule has 3 aromatic carbocycles. The van der Waals surface area contributed by atoms with E-state index in [1.807, 2.05) is 79.7 Å². The third-order valence-corrected chi connectivity index (χ3v) is 7.48. The molecule has 0 fully saturated rings. The Labute approximate surface area is 222 Å². The largest absolute Gasteiger partial charge is 0.466 e. The Kier molecular flexibility index (Phi) is 9.01. The second-order valence-corrected chi connectivity index (χ2v) is 10.1. The minimum Gasteiger partial charge on any atom is -0.466 e. The lowest BCUT2D eigenvalue weighted by Crippen LogP contribution is -2.49. The monoisotopic (exact) mass is 516 g/mol. The molecule has 1 aliphatic heterocycles. The van der Waals surface area contributed by atoms with Crippen molar-refractivity contribution in [3.05, 3.63) is 107 Å². The Bertz CT molecular complexity index is 1230. The lowest BCUT2D eigenvalue weighted by molar-refractivity contribution is -0.144. The van der Waals surface area contributed by atoms with Crippen molar-refractivity contribution in [2.24, 2.45) is 0 Å². The fraction of sp³-hybridized carbons (Fsp3) is 0.300. The van der Waals surface area contributed by atoms with Gasteiger partial charge in [0.25, 0.3) is 5.91 Å². The molecular weight excluding hydrogens is 484 g/mol. The van der Waals surface area contributed by atoms with E-state index in [-0.39, 0.29) is 30.8 Å². The fourth-order valence-electron chi connectivity index (χ4n) is 4.40. The van der Waals surface area contributed by atoms with Crippen LogP contribution in [0.1, 0.15) is 52.0 Å². The zero-order valence-corrected chi connectivity index (χ0v) is 22.0. The Morgan fingerprint density at radius 3 is 2.41 bits per heavy atom. The number of hydrogen-bond donors (Lipinski definition) is 1. The van der Waals surface area contributed by atoms with E-state index in [2.05, 4.69) is 5.32 Å². The molecular formula is C30H32N2O4S. The van der Waals surface area contributed by atoms with Crippen LogP contribution in [0.3, 0.4) is 0 Å². The van der Waals surface area contributed by atoms with Crippen LogP contribution >= 0.6 is 11.8 Å². The van der Waals surface area contributed by atoms with Crippen LogP contribution in [0.4, 0.5) is 0 Å². The molecule has 37 heavy (non-hydrogen) atoms. The van der Waals surface area contributed by atoms with Crippen LogP contribution in [0.15, 0.2) is 78.9 Å². The van der Waals surface area contributed by atoms with Gasteiger partial charge in [0, 0.05) is 23.6 Å². The standard InChI is InChI=1S/C30H32N2O4S/c1-3-36-28(33)17-26(23-15-13-21(2)14-16-23)31-29(34)27(20-37-19-22-9-5-4-6-10-22)32-18-24-11-7-8-12-25(24)30(32)35/h4-16,26-27H,3,17-20H2,1-2H3,(H,31,34)/t26?,27-/m0/s1. The number of aryl methyl sites for hydroxylation is 1. The first-order valence-corrected chi connectivity index (χ1v) is 13.6. The number of amides is 2. The van der Waals surface area contributed by atoms with Crippen molar-refractivity contribution >= 4 is 29.5 Å². The maximum Gasteiger partial charge on any atom is 0.308 e. The van der Waals surface area contributed by atoms with Crippen LogP contribution < -0.4 is 5.32 Å². The average Bonchev–Trinajstić information content (AvgIpc) is 3.23. The number of hydrogen-bond acceptors (Lipinski definition) is 5. The molecule has 2 amide bonds. The summed E-state index contributed by atoms with van der Waals surface area (Å²) in [4.78, 5) is 41.1. The Hall–Kier alpha value is -3.58. The van der Waals surface area contributed by atoms with Gasteiger partial charge in [-0.05, 0) is 36.6 Å². The Morgan fingerprint density at radius 1 is 1.00 bits per heavy atom. The fourth-order valence-corrected chi connectivity index (χ4v) is 5.50. The molecule has 0 bridgehead atoms. The lowest BCUT2D eigenvalue weighted by atomic mass is 10.0. The van der Waals surface area contributed by atoms with Gasteiger partial charge in [-0.1, -0.05) is 78.4 Å². The number of rotatable bonds is 11. The molecule has 4 rings (SSSR count). The predicted octanol–water partition coefficient (Wildman–Crippen LogP) is 5.06. The molecule has 3 aromatic rings. The van der Waals surface area contributed by atoms with Crippen molar-refractivity contribution in [2.75, 3.05) is 12.4 Å². The molecule has 1 unspecified atom stereocenters. The van der Waals surface area contributed by atoms with Gasteiger partial charge >= 0.3 is 5.97 Å². The maximum absolute atomic E-state index is 13.8. The Balaban J connectivity index is 1.55. The SMILES string of the molecule is CCOC(=O)CC(NC(=O)[C@H](CSCc1ccccc1)N1Cc2ccccc2C1=O)c1ccc(C)cc1. The summed E-state index contributed by atoms with van der Waals surface area (Å²) in [7, 11) is 0. The first-order chi connectivity index (χ1) is 18.0. The summed E-state index contributed by atoms with van der Waals surface area (Å²) in [6.45, 7) is 4.39. The number of nitrogens with zero attached hydrogens (tertiary/aromatic N) is 1. The van der Waals surface area contributed by atoms with Crippen LogP contribution in [0.2, 0.25) is 0 Å². The van der Waals surface area contributed by atoms with Gasteiger partial charge in [-0.2, -0.15) is 11.8 Å². The number of nitrogens with one attached hydrogen (secondary N) is 1. The summed E-state index contributed by atoms with van der Waals surface area (Å²) < 4.78 is 5.17. The number of benzene rings is 3. The van der Waals surface area contributed by atoms with Gasteiger partial charge in [0.05, 0.1) is 19.1 Å². The molecule has 0 aromatic heterocycles. The van der Waals surface area contributed by atoms with Crippen LogP contribution in [0.5, 0.6) is 0 Å². The van der Waals surface area contributed by atoms with Gasteiger partial charge in [-0.15, -0.1) is 0 Å². The number of carbonyl (C=O) groups excluding carboxylic acids is 3. The van der Waals surface area contributed by atoms with Crippen molar-refractivity contribution in [3.63, 3.8) is 0 Å². The number of fused-ring (bicyclic) bond motifs is 1. The molecule has 7 heteroatoms. The molecule has 0 saturated carbocycles. The van der Waals surface area contributed by atoms with Gasteiger partial charge in [-0.25, -0.2) is 0 Å². The lowest BCUT2D eigenvalue weighted by Gasteiger charge is -2.29. The van der Waals surface area contributed by atoms with Gasteiger partial charge in [0.1, 0.15) is 6.04 Å². The molecule has 0 aliphatic carbocycles. The van der Waals surface area contributed by atoms with E-state index in [0.717, 1.165) is 28.0 Å². The van der Waals surface area contributed by atoms with Gasteiger partial charge in [0.2, 0.25) is 5.91 Å². The summed E-state index contributed by atoms with van der Waals surface area (Å²) >= 11 is 1.61. The summed E-state index contributed by atoms with van der Waals surface area (Å²) in [5, 5.41) is 3.07. The molecule has 2 atom stereocenters. The van der Waals surface area contributed by atoms with Gasteiger partial charge in [0.15, 0.2) is 0 Å². The van der Waals surface area contributed by atoms with E-state index in [1.165, 1.54) is 0 Å². The summed E-state index contributed by atoms with van der Waals surface area (Å²) in [5.41, 5.74) is 4.61. The Morgan fingerprint density at radius 2 is 1.70 bits per heavy atom. The molecule has 0 saturated heterocycles. The highest BCUT2D eigenvalue weighted by molar-refractivity contribution is 7.98. The molecule has 1 aliphatic rings. The van der Waals surface area contributed by atoms with Gasteiger partial charge < -0.3 is 15.0 Å². The first kappa shape index (κ1) is 26.5. The summed E-state index contributed by atoms with van der Waals surface area (Å²) in [5.74, 6) is 0.350. The van der Waals surface area contributed by atoms with E-state index in [1.54, 1.807) is 29.7 Å². The number of thioether (sulfide) groups is 1. The third-order valence-electron chi connectivity index (χ3n) is 6.39. The quantitative estimate of drug-likeness (QED) is 0.361. The summed E-state index contributed by atoms with van der Waals surface area (Å²) in [6.07, 6.45) is 0.0146. The van der Waals surface area contributed by atoms with Crippen molar-refractivity contribution in [1.29, 1.82) is 0 Å². The predicted molar refractivity (Wildman–Crippen MR) is 146 cm³/mol. The molecule has 1 N–H and O–H groups in total. The zero-order chi connectivity index (χ0) is 26.2. The highest BCUT2D eigenvalue weighted by Gasteiger charge is 2.37. The van der Waals surface area contributed by atoms with Crippen LogP contribution in [-0.2, 0) is 26.6 Å². The van der Waals surface area contributed by atoms with Crippen LogP contribution in [0.25, 0.3) is 0 Å². The number of carbonyl (C=O) groups is 3. The number of ether oxygens (including phenoxy) is 1. The molecule has 0 radical (unpaired) electrons. The average molecular weight is 517 g/mol. The second-order valence-electron chi connectivity index (χ2n) is 9.09. The van der Waals surface area contributed by atoms with Crippen LogP contribution in [-0.4, -0.2) is 41.1 Å². The smallest absolute Gasteiger partial charge is 0.308 e. The third kappa shape index (κ3) is 6.80.